The van der Waals surface area contributed by atoms with E-state index in [4.69, 9.17) is 4.74 Å². The highest BCUT2D eigenvalue weighted by Crippen LogP contribution is 2.39. The first-order valence-electron chi connectivity index (χ1n) is 9.49. The highest BCUT2D eigenvalue weighted by Gasteiger charge is 2.21. The number of para-hydroxylation sites is 2. The van der Waals surface area contributed by atoms with Gasteiger partial charge in [0.05, 0.1) is 22.1 Å². The molecule has 2 aliphatic heterocycles. The van der Waals surface area contributed by atoms with E-state index in [1.165, 1.54) is 11.3 Å². The normalized spacial score (nSPS) is 18.0. The van der Waals surface area contributed by atoms with E-state index < -0.39 is 0 Å². The van der Waals surface area contributed by atoms with Gasteiger partial charge >= 0.3 is 0 Å². The molecule has 0 radical (unpaired) electrons. The number of likely N-dealkylation sites (N-methyl/N-ethyl adjacent to an activating group) is 1. The number of carbonyl (C=O) groups is 1. The summed E-state index contributed by atoms with van der Waals surface area (Å²) in [6, 6.07) is 12.0. The van der Waals surface area contributed by atoms with Gasteiger partial charge < -0.3 is 19.9 Å². The van der Waals surface area contributed by atoms with Gasteiger partial charge in [-0.25, -0.2) is 0 Å². The fourth-order valence-electron chi connectivity index (χ4n) is 3.48. The Hall–Kier alpha value is -2.09. The van der Waals surface area contributed by atoms with E-state index in [1.807, 2.05) is 30.3 Å². The second kappa shape index (κ2) is 8.29. The average Bonchev–Trinajstić information content (AvgIpc) is 3.19. The third kappa shape index (κ3) is 4.26. The molecule has 3 heterocycles. The van der Waals surface area contributed by atoms with E-state index in [1.54, 1.807) is 0 Å². The lowest BCUT2D eigenvalue weighted by Gasteiger charge is -2.32. The predicted octanol–water partition coefficient (Wildman–Crippen LogP) is 2.26. The molecule has 1 N–H and O–H groups in total. The number of nitrogens with zero attached hydrogens (tertiary/aromatic N) is 3. The summed E-state index contributed by atoms with van der Waals surface area (Å²) < 4.78 is 5.72. The summed E-state index contributed by atoms with van der Waals surface area (Å²) in [6.45, 7) is 7.40. The van der Waals surface area contributed by atoms with Crippen molar-refractivity contribution in [1.82, 2.24) is 15.1 Å². The van der Waals surface area contributed by atoms with Crippen LogP contribution in [-0.2, 0) is 0 Å². The summed E-state index contributed by atoms with van der Waals surface area (Å²) in [6.07, 6.45) is 0. The summed E-state index contributed by atoms with van der Waals surface area (Å²) in [5, 5.41) is 4.14. The quantitative estimate of drug-likeness (QED) is 0.854. The summed E-state index contributed by atoms with van der Waals surface area (Å²) in [4.78, 5) is 20.2. The average molecular weight is 387 g/mol. The number of hydrogen-bond donors (Lipinski definition) is 1. The molecule has 0 saturated carbocycles. The maximum Gasteiger partial charge on any atom is 0.261 e. The maximum atomic E-state index is 12.5. The van der Waals surface area contributed by atoms with Crippen molar-refractivity contribution in [2.24, 2.45) is 0 Å². The fourth-order valence-corrected chi connectivity index (χ4v) is 4.44. The van der Waals surface area contributed by atoms with E-state index in [-0.39, 0.29) is 5.91 Å². The molecule has 2 aromatic rings. The third-order valence-electron chi connectivity index (χ3n) is 5.12. The molecule has 4 rings (SSSR count). The second-order valence-electron chi connectivity index (χ2n) is 7.01. The number of thiophene rings is 1. The molecule has 1 aromatic carbocycles. The van der Waals surface area contributed by atoms with E-state index in [2.05, 4.69) is 33.1 Å². The van der Waals surface area contributed by atoms with Crippen molar-refractivity contribution in [1.29, 1.82) is 0 Å². The van der Waals surface area contributed by atoms with E-state index in [0.717, 1.165) is 60.6 Å². The molecular formula is C20H26N4O2S. The number of rotatable bonds is 5. The standard InChI is InChI=1S/C20H26N4O2S/c1-22-10-12-23(13-11-22)9-8-21-20(25)18-6-7-19(27-18)24-14-15-26-17-5-3-2-4-16(17)24/h2-7H,8-15H2,1H3,(H,21,25). The van der Waals surface area contributed by atoms with Gasteiger partial charge in [0.2, 0.25) is 0 Å². The number of ether oxygens (including phenoxy) is 1. The largest absolute Gasteiger partial charge is 0.490 e. The van der Waals surface area contributed by atoms with Crippen LogP contribution in [0.3, 0.4) is 0 Å². The Labute approximate surface area is 164 Å². The molecule has 7 heteroatoms. The zero-order valence-electron chi connectivity index (χ0n) is 15.7. The van der Waals surface area contributed by atoms with Gasteiger partial charge in [-0.1, -0.05) is 12.1 Å². The van der Waals surface area contributed by atoms with Crippen molar-refractivity contribution >= 4 is 27.9 Å². The topological polar surface area (TPSA) is 48.0 Å². The number of carbonyl (C=O) groups excluding carboxylic acids is 1. The first-order valence-corrected chi connectivity index (χ1v) is 10.3. The number of amides is 1. The van der Waals surface area contributed by atoms with Gasteiger partial charge in [-0.3, -0.25) is 9.69 Å². The van der Waals surface area contributed by atoms with Crippen LogP contribution in [0.15, 0.2) is 36.4 Å². The van der Waals surface area contributed by atoms with Crippen molar-refractivity contribution in [3.8, 4) is 5.75 Å². The molecule has 0 spiro atoms. The van der Waals surface area contributed by atoms with Crippen LogP contribution >= 0.6 is 11.3 Å². The molecule has 1 fully saturated rings. The minimum Gasteiger partial charge on any atom is -0.490 e. The molecule has 27 heavy (non-hydrogen) atoms. The Balaban J connectivity index is 1.33. The monoisotopic (exact) mass is 386 g/mol. The first-order chi connectivity index (χ1) is 13.2. The highest BCUT2D eigenvalue weighted by molar-refractivity contribution is 7.18. The zero-order valence-corrected chi connectivity index (χ0v) is 16.5. The number of benzene rings is 1. The maximum absolute atomic E-state index is 12.5. The Morgan fingerprint density at radius 3 is 2.78 bits per heavy atom. The molecule has 1 amide bonds. The van der Waals surface area contributed by atoms with Gasteiger partial charge in [-0.2, -0.15) is 0 Å². The van der Waals surface area contributed by atoms with Crippen LogP contribution in [0.5, 0.6) is 5.75 Å². The van der Waals surface area contributed by atoms with E-state index >= 15 is 0 Å². The van der Waals surface area contributed by atoms with Crippen molar-refractivity contribution in [2.75, 3.05) is 64.4 Å². The fraction of sp³-hybridized carbons (Fsp3) is 0.450. The van der Waals surface area contributed by atoms with Gasteiger partial charge in [0, 0.05) is 39.3 Å². The minimum atomic E-state index is 0.0157. The number of hydrogen-bond acceptors (Lipinski definition) is 6. The lowest BCUT2D eigenvalue weighted by Crippen LogP contribution is -2.46. The first kappa shape index (κ1) is 18.3. The Morgan fingerprint density at radius 2 is 1.93 bits per heavy atom. The number of nitrogens with one attached hydrogen (secondary N) is 1. The third-order valence-corrected chi connectivity index (χ3v) is 6.23. The molecule has 0 unspecified atom stereocenters. The summed E-state index contributed by atoms with van der Waals surface area (Å²) in [7, 11) is 2.15. The van der Waals surface area contributed by atoms with Gasteiger partial charge in [-0.15, -0.1) is 11.3 Å². The molecule has 144 valence electrons. The van der Waals surface area contributed by atoms with Crippen LogP contribution in [0, 0.1) is 0 Å². The molecule has 1 saturated heterocycles. The molecule has 0 bridgehead atoms. The highest BCUT2D eigenvalue weighted by atomic mass is 32.1. The number of fused-ring (bicyclic) bond motifs is 1. The van der Waals surface area contributed by atoms with Gasteiger partial charge in [0.25, 0.3) is 5.91 Å². The van der Waals surface area contributed by atoms with Crippen LogP contribution in [0.4, 0.5) is 10.7 Å². The van der Waals surface area contributed by atoms with E-state index in [9.17, 15) is 4.79 Å². The van der Waals surface area contributed by atoms with Crippen molar-refractivity contribution in [3.05, 3.63) is 41.3 Å². The number of anilines is 2. The van der Waals surface area contributed by atoms with Crippen molar-refractivity contribution in [3.63, 3.8) is 0 Å². The Morgan fingerprint density at radius 1 is 1.11 bits per heavy atom. The Kier molecular flexibility index (Phi) is 5.61. The lowest BCUT2D eigenvalue weighted by molar-refractivity contribution is 0.0945. The number of piperazine rings is 1. The van der Waals surface area contributed by atoms with Crippen LogP contribution in [0.25, 0.3) is 0 Å². The molecule has 0 atom stereocenters. The SMILES string of the molecule is CN1CCN(CCNC(=O)c2ccc(N3CCOc4ccccc43)s2)CC1. The van der Waals surface area contributed by atoms with Crippen molar-refractivity contribution < 1.29 is 9.53 Å². The molecule has 1 aromatic heterocycles. The zero-order chi connectivity index (χ0) is 18.6. The molecule has 6 nitrogen and oxygen atoms in total. The summed E-state index contributed by atoms with van der Waals surface area (Å²) in [5.41, 5.74) is 1.06. The van der Waals surface area contributed by atoms with Crippen LogP contribution < -0.4 is 15.0 Å². The van der Waals surface area contributed by atoms with Crippen LogP contribution in [-0.4, -0.2) is 75.2 Å². The lowest BCUT2D eigenvalue weighted by atomic mass is 10.2. The van der Waals surface area contributed by atoms with Gasteiger partial charge in [0.15, 0.2) is 0 Å². The Bertz CT molecular complexity index is 786. The molecule has 0 aliphatic carbocycles. The van der Waals surface area contributed by atoms with Crippen LogP contribution in [0.1, 0.15) is 9.67 Å². The van der Waals surface area contributed by atoms with Crippen LogP contribution in [0.2, 0.25) is 0 Å². The van der Waals surface area contributed by atoms with Gasteiger partial charge in [-0.05, 0) is 31.3 Å². The van der Waals surface area contributed by atoms with E-state index in [0.29, 0.717) is 13.2 Å². The minimum absolute atomic E-state index is 0.0157. The summed E-state index contributed by atoms with van der Waals surface area (Å²) >= 11 is 1.54. The summed E-state index contributed by atoms with van der Waals surface area (Å²) in [5.74, 6) is 0.914. The second-order valence-corrected chi connectivity index (χ2v) is 8.07. The van der Waals surface area contributed by atoms with Gasteiger partial charge in [0.1, 0.15) is 12.4 Å². The molecule has 2 aliphatic rings. The van der Waals surface area contributed by atoms with Crippen molar-refractivity contribution in [2.45, 2.75) is 0 Å². The smallest absolute Gasteiger partial charge is 0.261 e. The predicted molar refractivity (Wildman–Crippen MR) is 110 cm³/mol. The molecular weight excluding hydrogens is 360 g/mol.